The van der Waals surface area contributed by atoms with Gasteiger partial charge in [0.05, 0.1) is 36.9 Å². The van der Waals surface area contributed by atoms with Crippen molar-refractivity contribution in [2.45, 2.75) is 31.7 Å². The van der Waals surface area contributed by atoms with E-state index in [1.165, 1.54) is 24.3 Å². The van der Waals surface area contributed by atoms with Crippen LogP contribution in [0.25, 0.3) is 10.9 Å². The Bertz CT molecular complexity index is 1780. The Morgan fingerprint density at radius 2 is 1.59 bits per heavy atom. The Balaban J connectivity index is 1.03. The normalized spacial score (nSPS) is 17.8. The number of benzene rings is 3. The highest BCUT2D eigenvalue weighted by Crippen LogP contribution is 2.49. The van der Waals surface area contributed by atoms with Crippen LogP contribution >= 0.6 is 0 Å². The number of rotatable bonds is 11. The highest BCUT2D eigenvalue weighted by Gasteiger charge is 2.54. The van der Waals surface area contributed by atoms with Crippen LogP contribution in [0.2, 0.25) is 0 Å². The predicted molar refractivity (Wildman–Crippen MR) is 169 cm³/mol. The van der Waals surface area contributed by atoms with Gasteiger partial charge in [-0.2, -0.15) is 0 Å². The molecule has 0 amide bonds. The summed E-state index contributed by atoms with van der Waals surface area (Å²) in [6.45, 7) is 5.21. The number of aromatic nitrogens is 1. The molecule has 1 aliphatic carbocycles. The molecule has 0 unspecified atom stereocenters. The summed E-state index contributed by atoms with van der Waals surface area (Å²) in [5.41, 5.74) is 1.73. The lowest BCUT2D eigenvalue weighted by molar-refractivity contribution is -0.133. The maximum Gasteiger partial charge on any atom is 0.166 e. The van der Waals surface area contributed by atoms with E-state index in [1.54, 1.807) is 37.6 Å². The molecule has 1 aromatic heterocycles. The smallest absolute Gasteiger partial charge is 0.166 e. The van der Waals surface area contributed by atoms with Gasteiger partial charge in [-0.1, -0.05) is 18.2 Å². The minimum atomic E-state index is -1.05. The van der Waals surface area contributed by atoms with E-state index in [9.17, 15) is 14.0 Å². The molecule has 4 aromatic rings. The van der Waals surface area contributed by atoms with Crippen LogP contribution in [-0.4, -0.2) is 74.0 Å². The van der Waals surface area contributed by atoms with Crippen molar-refractivity contribution in [2.75, 3.05) is 51.4 Å². The first kappa shape index (κ1) is 30.3. The van der Waals surface area contributed by atoms with Crippen molar-refractivity contribution in [3.63, 3.8) is 0 Å². The van der Waals surface area contributed by atoms with Gasteiger partial charge in [0.25, 0.3) is 0 Å². The van der Waals surface area contributed by atoms with Crippen molar-refractivity contribution in [1.29, 1.82) is 0 Å². The third-order valence-electron chi connectivity index (χ3n) is 9.44. The molecule has 0 spiro atoms. The first-order chi connectivity index (χ1) is 22.3. The van der Waals surface area contributed by atoms with Gasteiger partial charge in [-0.25, -0.2) is 8.78 Å². The van der Waals surface area contributed by atoms with Gasteiger partial charge in [-0.15, -0.1) is 0 Å². The highest BCUT2D eigenvalue weighted by atomic mass is 19.1. The van der Waals surface area contributed by atoms with E-state index < -0.39 is 11.2 Å². The van der Waals surface area contributed by atoms with Crippen molar-refractivity contribution in [3.05, 3.63) is 89.6 Å². The van der Waals surface area contributed by atoms with Crippen LogP contribution in [0.5, 0.6) is 17.2 Å². The fourth-order valence-electron chi connectivity index (χ4n) is 6.47. The van der Waals surface area contributed by atoms with Gasteiger partial charge in [-0.3, -0.25) is 19.5 Å². The lowest BCUT2D eigenvalue weighted by atomic mass is 9.88. The number of hydrogen-bond donors (Lipinski definition) is 0. The fourth-order valence-corrected chi connectivity index (χ4v) is 6.47. The number of anilines is 1. The lowest BCUT2D eigenvalue weighted by Crippen LogP contribution is -2.61. The average Bonchev–Trinajstić information content (AvgIpc) is 3.86. The Labute approximate surface area is 265 Å². The molecule has 0 radical (unpaired) electrons. The van der Waals surface area contributed by atoms with Crippen molar-refractivity contribution in [3.8, 4) is 17.2 Å². The minimum absolute atomic E-state index is 0.0105. The van der Waals surface area contributed by atoms with Gasteiger partial charge in [0.15, 0.2) is 23.1 Å². The summed E-state index contributed by atoms with van der Waals surface area (Å²) in [5.74, 6) is -0.284. The molecule has 1 saturated carbocycles. The van der Waals surface area contributed by atoms with Crippen LogP contribution in [-0.2, 0) is 27.2 Å². The van der Waals surface area contributed by atoms with Crippen LogP contribution in [0.1, 0.15) is 24.0 Å². The van der Waals surface area contributed by atoms with Crippen LogP contribution < -0.4 is 14.4 Å². The lowest BCUT2D eigenvalue weighted by Gasteiger charge is -2.48. The number of carbonyl (C=O) groups excluding carboxylic acids is 2. The van der Waals surface area contributed by atoms with Gasteiger partial charge < -0.3 is 19.1 Å². The largest absolute Gasteiger partial charge is 0.495 e. The number of halogens is 2. The fraction of sp³-hybridized carbons (Fsp3) is 0.361. The number of Topliss-reactive ketones (excluding diaryl/α,β-unsaturated/α-hetero) is 2. The van der Waals surface area contributed by atoms with Crippen LogP contribution in [0.15, 0.2) is 66.9 Å². The molecule has 2 saturated heterocycles. The van der Waals surface area contributed by atoms with Gasteiger partial charge >= 0.3 is 0 Å². The van der Waals surface area contributed by atoms with Crippen molar-refractivity contribution in [1.82, 2.24) is 9.88 Å². The van der Waals surface area contributed by atoms with Crippen molar-refractivity contribution < 1.29 is 32.6 Å². The summed E-state index contributed by atoms with van der Waals surface area (Å²) in [6.07, 6.45) is 2.58. The van der Waals surface area contributed by atoms with Gasteiger partial charge in [0.1, 0.15) is 17.3 Å². The maximum absolute atomic E-state index is 15.3. The third-order valence-corrected chi connectivity index (χ3v) is 9.44. The molecule has 2 aliphatic heterocycles. The second-order valence-electron chi connectivity index (χ2n) is 12.3. The number of nitrogens with zero attached hydrogens (tertiary/aromatic N) is 3. The number of morpholine rings is 1. The van der Waals surface area contributed by atoms with Gasteiger partial charge in [-0.05, 0) is 66.4 Å². The third kappa shape index (κ3) is 5.94. The second-order valence-corrected chi connectivity index (χ2v) is 12.3. The summed E-state index contributed by atoms with van der Waals surface area (Å²) >= 11 is 0. The van der Waals surface area contributed by atoms with E-state index in [0.29, 0.717) is 52.4 Å². The number of methoxy groups -OCH3 is 1. The monoisotopic (exact) mass is 627 g/mol. The summed E-state index contributed by atoms with van der Waals surface area (Å²) in [7, 11) is 1.63. The molecule has 3 aromatic carbocycles. The summed E-state index contributed by atoms with van der Waals surface area (Å²) in [6, 6.07) is 16.1. The standard InChI is InChI=1S/C36H35F2N3O5/c1-44-33-19-27-29(20-30(33)41-21-26(22-41)40-12-14-45-15-13-40)39-11-8-31(27)46-32-7-4-24(16-28(32)38)18-35(43)36(9-10-36)34(42)17-23-2-5-25(37)6-3-23/h2-8,11,16,19-20,26H,9-10,12-15,17-18,21-22H2,1H3. The first-order valence-corrected chi connectivity index (χ1v) is 15.6. The van der Waals surface area contributed by atoms with Crippen molar-refractivity contribution in [2.24, 2.45) is 5.41 Å². The summed E-state index contributed by atoms with van der Waals surface area (Å²) < 4.78 is 45.9. The average molecular weight is 628 g/mol. The molecule has 7 rings (SSSR count). The van der Waals surface area contributed by atoms with E-state index in [4.69, 9.17) is 14.2 Å². The summed E-state index contributed by atoms with van der Waals surface area (Å²) in [5, 5.41) is 0.683. The van der Waals surface area contributed by atoms with Gasteiger partial charge in [0.2, 0.25) is 0 Å². The maximum atomic E-state index is 15.3. The number of ether oxygens (including phenoxy) is 3. The Hall–Kier alpha value is -4.41. The zero-order chi connectivity index (χ0) is 31.8. The van der Waals surface area contributed by atoms with Crippen LogP contribution in [0.4, 0.5) is 14.5 Å². The molecule has 0 atom stereocenters. The van der Waals surface area contributed by atoms with E-state index >= 15 is 4.39 Å². The minimum Gasteiger partial charge on any atom is -0.495 e. The molecule has 10 heteroatoms. The number of fused-ring (bicyclic) bond motifs is 1. The second kappa shape index (κ2) is 12.4. The molecular weight excluding hydrogens is 592 g/mol. The zero-order valence-electron chi connectivity index (χ0n) is 25.6. The number of hydrogen-bond acceptors (Lipinski definition) is 8. The zero-order valence-corrected chi connectivity index (χ0v) is 25.6. The molecule has 0 N–H and O–H groups in total. The highest BCUT2D eigenvalue weighted by molar-refractivity contribution is 6.11. The topological polar surface area (TPSA) is 81.2 Å². The van der Waals surface area contributed by atoms with E-state index in [1.807, 2.05) is 12.1 Å². The van der Waals surface area contributed by atoms with E-state index in [0.717, 1.165) is 45.1 Å². The summed E-state index contributed by atoms with van der Waals surface area (Å²) in [4.78, 5) is 35.5. The van der Waals surface area contributed by atoms with Crippen LogP contribution in [0.3, 0.4) is 0 Å². The van der Waals surface area contributed by atoms with Gasteiger partial charge in [0, 0.05) is 56.6 Å². The molecule has 238 valence electrons. The number of pyridine rings is 1. The Morgan fingerprint density at radius 1 is 0.891 bits per heavy atom. The predicted octanol–water partition coefficient (Wildman–Crippen LogP) is 5.54. The molecule has 3 heterocycles. The molecule has 3 fully saturated rings. The first-order valence-electron chi connectivity index (χ1n) is 15.6. The molecule has 8 nitrogen and oxygen atoms in total. The number of carbonyl (C=O) groups is 2. The Morgan fingerprint density at radius 3 is 2.26 bits per heavy atom. The molecule has 46 heavy (non-hydrogen) atoms. The molecular formula is C36H35F2N3O5. The van der Waals surface area contributed by atoms with E-state index in [-0.39, 0.29) is 36.0 Å². The number of ketones is 2. The molecule has 0 bridgehead atoms. The van der Waals surface area contributed by atoms with E-state index in [2.05, 4.69) is 14.8 Å². The van der Waals surface area contributed by atoms with Crippen LogP contribution in [0, 0.1) is 17.0 Å². The van der Waals surface area contributed by atoms with Crippen molar-refractivity contribution >= 4 is 28.2 Å². The SMILES string of the molecule is COc1cc2c(Oc3ccc(CC(=O)C4(C(=O)Cc5ccc(F)cc5)CC4)cc3F)ccnc2cc1N1CC(N2CCOCC2)C1. The molecule has 3 aliphatic rings. The Kier molecular flexibility index (Phi) is 8.16. The quantitative estimate of drug-likeness (QED) is 0.201.